The van der Waals surface area contributed by atoms with Gasteiger partial charge in [-0.2, -0.15) is 4.98 Å². The minimum Gasteiger partial charge on any atom is -0.378 e. The summed E-state index contributed by atoms with van der Waals surface area (Å²) in [7, 11) is 0. The molecule has 0 atom stereocenters. The fourth-order valence-electron chi connectivity index (χ4n) is 4.16. The van der Waals surface area contributed by atoms with E-state index in [-0.39, 0.29) is 17.9 Å². The number of aromatic nitrogens is 6. The van der Waals surface area contributed by atoms with Gasteiger partial charge in [-0.25, -0.2) is 19.9 Å². The van der Waals surface area contributed by atoms with E-state index in [4.69, 9.17) is 25.4 Å². The first-order valence-corrected chi connectivity index (χ1v) is 11.5. The molecule has 1 fully saturated rings. The van der Waals surface area contributed by atoms with Crippen molar-refractivity contribution in [1.29, 1.82) is 0 Å². The van der Waals surface area contributed by atoms with E-state index < -0.39 is 0 Å². The Labute approximate surface area is 202 Å². The molecule has 0 radical (unpaired) electrons. The number of nitrogens with zero attached hydrogens (tertiary/aromatic N) is 7. The summed E-state index contributed by atoms with van der Waals surface area (Å²) < 4.78 is 7.61. The number of fused-ring (bicyclic) bond motifs is 1. The Morgan fingerprint density at radius 2 is 1.83 bits per heavy atom. The van der Waals surface area contributed by atoms with Crippen LogP contribution in [0.2, 0.25) is 0 Å². The third-order valence-corrected chi connectivity index (χ3v) is 5.72. The van der Waals surface area contributed by atoms with Crippen molar-refractivity contribution in [1.82, 2.24) is 29.5 Å². The summed E-state index contributed by atoms with van der Waals surface area (Å²) in [5, 5.41) is 2.84. The van der Waals surface area contributed by atoms with Crippen molar-refractivity contribution in [3.05, 3.63) is 36.7 Å². The zero-order chi connectivity index (χ0) is 24.5. The second kappa shape index (κ2) is 9.26. The summed E-state index contributed by atoms with van der Waals surface area (Å²) in [5.41, 5.74) is 9.98. The van der Waals surface area contributed by atoms with Gasteiger partial charge < -0.3 is 25.3 Å². The molecule has 180 valence electrons. The number of nitrogens with one attached hydrogen (secondary N) is 1. The van der Waals surface area contributed by atoms with Crippen LogP contribution in [-0.2, 0) is 9.53 Å². The average Bonchev–Trinajstić information content (AvgIpc) is 3.24. The van der Waals surface area contributed by atoms with Crippen LogP contribution in [-0.4, -0.2) is 61.7 Å². The molecule has 5 rings (SSSR count). The first-order chi connectivity index (χ1) is 16.9. The average molecular weight is 474 g/mol. The molecule has 0 unspecified atom stereocenters. The van der Waals surface area contributed by atoms with Crippen molar-refractivity contribution >= 4 is 34.7 Å². The van der Waals surface area contributed by atoms with Crippen LogP contribution >= 0.6 is 0 Å². The normalized spacial score (nSPS) is 14.0. The van der Waals surface area contributed by atoms with E-state index in [1.165, 1.54) is 6.92 Å². The van der Waals surface area contributed by atoms with Crippen molar-refractivity contribution in [3.63, 3.8) is 0 Å². The lowest BCUT2D eigenvalue weighted by molar-refractivity contribution is -0.114. The SMILES string of the molecule is CC(=O)Nc1cccc(-c2nc3c(-c4cnc(N)nc4)nc(N4CCOCC4)nc3n2C(C)C)c1. The van der Waals surface area contributed by atoms with Gasteiger partial charge in [0.1, 0.15) is 17.0 Å². The number of nitrogens with two attached hydrogens (primary N) is 1. The molecule has 0 bridgehead atoms. The highest BCUT2D eigenvalue weighted by Gasteiger charge is 2.24. The number of nitrogen functional groups attached to an aromatic ring is 1. The second-order valence-corrected chi connectivity index (χ2v) is 8.63. The zero-order valence-corrected chi connectivity index (χ0v) is 19.9. The lowest BCUT2D eigenvalue weighted by Crippen LogP contribution is -2.37. The predicted octanol–water partition coefficient (Wildman–Crippen LogP) is 2.91. The first-order valence-electron chi connectivity index (χ1n) is 11.5. The number of hydrogen-bond donors (Lipinski definition) is 2. The monoisotopic (exact) mass is 473 g/mol. The largest absolute Gasteiger partial charge is 0.378 e. The zero-order valence-electron chi connectivity index (χ0n) is 19.9. The van der Waals surface area contributed by atoms with Gasteiger partial charge in [-0.15, -0.1) is 0 Å². The highest BCUT2D eigenvalue weighted by atomic mass is 16.5. The number of benzene rings is 1. The Kier molecular flexibility index (Phi) is 6.00. The molecule has 1 aliphatic rings. The molecule has 0 spiro atoms. The number of carbonyl (C=O) groups is 1. The highest BCUT2D eigenvalue weighted by molar-refractivity contribution is 5.92. The minimum atomic E-state index is -0.133. The molecule has 11 heteroatoms. The predicted molar refractivity (Wildman–Crippen MR) is 134 cm³/mol. The Balaban J connectivity index is 1.75. The van der Waals surface area contributed by atoms with Gasteiger partial charge in [0.25, 0.3) is 0 Å². The van der Waals surface area contributed by atoms with Gasteiger partial charge in [0.2, 0.25) is 17.8 Å². The van der Waals surface area contributed by atoms with E-state index in [1.54, 1.807) is 12.4 Å². The summed E-state index contributed by atoms with van der Waals surface area (Å²) in [6, 6.07) is 7.67. The molecule has 4 aromatic rings. The molecule has 3 aromatic heterocycles. The van der Waals surface area contributed by atoms with Gasteiger partial charge in [-0.05, 0) is 26.0 Å². The minimum absolute atomic E-state index is 0.0578. The van der Waals surface area contributed by atoms with E-state index >= 15 is 0 Å². The van der Waals surface area contributed by atoms with Crippen molar-refractivity contribution in [2.45, 2.75) is 26.8 Å². The molecule has 0 saturated carbocycles. The fraction of sp³-hybridized carbons (Fsp3) is 0.333. The number of morpholine rings is 1. The number of rotatable bonds is 5. The Bertz CT molecular complexity index is 1380. The van der Waals surface area contributed by atoms with Crippen LogP contribution in [0.5, 0.6) is 0 Å². The molecular formula is C24H27N9O2. The highest BCUT2D eigenvalue weighted by Crippen LogP contribution is 2.34. The van der Waals surface area contributed by atoms with Gasteiger partial charge in [0.05, 0.1) is 13.2 Å². The number of anilines is 3. The van der Waals surface area contributed by atoms with Crippen molar-refractivity contribution in [2.24, 2.45) is 0 Å². The Morgan fingerprint density at radius 3 is 2.51 bits per heavy atom. The number of ether oxygens (including phenoxy) is 1. The van der Waals surface area contributed by atoms with Gasteiger partial charge in [0.15, 0.2) is 5.65 Å². The van der Waals surface area contributed by atoms with Gasteiger partial charge in [-0.1, -0.05) is 12.1 Å². The lowest BCUT2D eigenvalue weighted by Gasteiger charge is -2.27. The second-order valence-electron chi connectivity index (χ2n) is 8.63. The third-order valence-electron chi connectivity index (χ3n) is 5.72. The van der Waals surface area contributed by atoms with Crippen molar-refractivity contribution in [2.75, 3.05) is 42.3 Å². The van der Waals surface area contributed by atoms with Crippen molar-refractivity contribution in [3.8, 4) is 22.6 Å². The summed E-state index contributed by atoms with van der Waals surface area (Å²) in [6.45, 7) is 8.29. The maximum atomic E-state index is 11.6. The molecular weight excluding hydrogens is 446 g/mol. The van der Waals surface area contributed by atoms with E-state index in [0.29, 0.717) is 60.4 Å². The molecule has 4 heterocycles. The van der Waals surface area contributed by atoms with Crippen LogP contribution in [0.3, 0.4) is 0 Å². The van der Waals surface area contributed by atoms with Crippen LogP contribution in [0, 0.1) is 0 Å². The molecule has 35 heavy (non-hydrogen) atoms. The Morgan fingerprint density at radius 1 is 1.09 bits per heavy atom. The molecule has 0 aliphatic carbocycles. The topological polar surface area (TPSA) is 137 Å². The molecule has 1 amide bonds. The number of imidazole rings is 1. The standard InChI is InChI=1S/C24H27N9O2/c1-14(2)33-21(16-5-4-6-18(11-16)28-15(3)34)29-20-19(17-12-26-23(25)27-13-17)30-24(31-22(20)33)32-7-9-35-10-8-32/h4-6,11-14H,7-10H2,1-3H3,(H,28,34)(H2,25,26,27). The maximum absolute atomic E-state index is 11.6. The van der Waals surface area contributed by atoms with Gasteiger partial charge >= 0.3 is 0 Å². The third kappa shape index (κ3) is 4.50. The molecule has 1 aliphatic heterocycles. The van der Waals surface area contributed by atoms with Crippen LogP contribution in [0.15, 0.2) is 36.7 Å². The quantitative estimate of drug-likeness (QED) is 0.448. The summed E-state index contributed by atoms with van der Waals surface area (Å²) in [4.78, 5) is 36.9. The summed E-state index contributed by atoms with van der Waals surface area (Å²) in [6.07, 6.45) is 3.30. The molecule has 1 saturated heterocycles. The van der Waals surface area contributed by atoms with Crippen LogP contribution < -0.4 is 16.0 Å². The number of amides is 1. The van der Waals surface area contributed by atoms with Crippen LogP contribution in [0.25, 0.3) is 33.8 Å². The van der Waals surface area contributed by atoms with E-state index in [2.05, 4.69) is 38.6 Å². The molecule has 11 nitrogen and oxygen atoms in total. The summed E-state index contributed by atoms with van der Waals surface area (Å²) in [5.74, 6) is 1.39. The van der Waals surface area contributed by atoms with Gasteiger partial charge in [-0.3, -0.25) is 4.79 Å². The van der Waals surface area contributed by atoms with Crippen LogP contribution in [0.1, 0.15) is 26.8 Å². The summed E-state index contributed by atoms with van der Waals surface area (Å²) >= 11 is 0. The van der Waals surface area contributed by atoms with Gasteiger partial charge in [0, 0.05) is 55.3 Å². The van der Waals surface area contributed by atoms with E-state index in [0.717, 1.165) is 11.4 Å². The Hall–Kier alpha value is -4.12. The smallest absolute Gasteiger partial charge is 0.228 e. The maximum Gasteiger partial charge on any atom is 0.228 e. The number of carbonyl (C=O) groups excluding carboxylic acids is 1. The molecule has 3 N–H and O–H groups in total. The van der Waals surface area contributed by atoms with Crippen molar-refractivity contribution < 1.29 is 9.53 Å². The lowest BCUT2D eigenvalue weighted by atomic mass is 10.1. The fourth-order valence-corrected chi connectivity index (χ4v) is 4.16. The van der Waals surface area contributed by atoms with E-state index in [1.807, 2.05) is 24.3 Å². The molecule has 1 aromatic carbocycles. The van der Waals surface area contributed by atoms with Crippen LogP contribution in [0.4, 0.5) is 17.6 Å². The number of hydrogen-bond acceptors (Lipinski definition) is 9. The first kappa shape index (κ1) is 22.7. The van der Waals surface area contributed by atoms with E-state index in [9.17, 15) is 4.79 Å².